The van der Waals surface area contributed by atoms with Crippen LogP contribution in [0.1, 0.15) is 70.8 Å². The van der Waals surface area contributed by atoms with E-state index in [9.17, 15) is 9.59 Å². The second-order valence-electron chi connectivity index (χ2n) is 9.26. The van der Waals surface area contributed by atoms with Gasteiger partial charge >= 0.3 is 5.97 Å². The zero-order chi connectivity index (χ0) is 20.8. The van der Waals surface area contributed by atoms with E-state index >= 15 is 0 Å². The van der Waals surface area contributed by atoms with Crippen LogP contribution in [0.15, 0.2) is 46.8 Å². The molecule has 0 radical (unpaired) electrons. The molecule has 29 heavy (non-hydrogen) atoms. The maximum Gasteiger partial charge on any atom is 0.337 e. The predicted molar refractivity (Wildman–Crippen MR) is 113 cm³/mol. The van der Waals surface area contributed by atoms with Crippen molar-refractivity contribution in [3.63, 3.8) is 0 Å². The molecule has 5 heteroatoms. The quantitative estimate of drug-likeness (QED) is 0.671. The molecular formula is C24H28ClNO3. The van der Waals surface area contributed by atoms with E-state index in [4.69, 9.17) is 16.3 Å². The summed E-state index contributed by atoms with van der Waals surface area (Å²) >= 11 is 6.55. The molecule has 0 amide bonds. The molecule has 1 heterocycles. The minimum Gasteiger partial charge on any atom is -0.459 e. The van der Waals surface area contributed by atoms with Crippen LogP contribution >= 0.6 is 11.6 Å². The van der Waals surface area contributed by atoms with Crippen LogP contribution in [0.25, 0.3) is 0 Å². The summed E-state index contributed by atoms with van der Waals surface area (Å²) in [5.74, 6) is -0.749. The summed E-state index contributed by atoms with van der Waals surface area (Å²) in [6.07, 6.45) is 5.17. The van der Waals surface area contributed by atoms with Crippen molar-refractivity contribution >= 4 is 23.4 Å². The first-order valence-electron chi connectivity index (χ1n) is 10.5. The number of nitrogens with one attached hydrogen (secondary N) is 1. The van der Waals surface area contributed by atoms with Crippen LogP contribution < -0.4 is 5.32 Å². The zero-order valence-corrected chi connectivity index (χ0v) is 18.1. The van der Waals surface area contributed by atoms with Crippen molar-refractivity contribution in [3.8, 4) is 0 Å². The predicted octanol–water partition coefficient (Wildman–Crippen LogP) is 5.43. The third-order valence-electron chi connectivity index (χ3n) is 6.25. The van der Waals surface area contributed by atoms with Crippen molar-refractivity contribution < 1.29 is 14.3 Å². The molecule has 1 N–H and O–H groups in total. The molecule has 1 saturated carbocycles. The molecule has 1 atom stereocenters. The molecule has 0 unspecified atom stereocenters. The molecule has 0 aromatic heterocycles. The van der Waals surface area contributed by atoms with Crippen LogP contribution in [-0.2, 0) is 14.3 Å². The minimum absolute atomic E-state index is 0.0361. The second kappa shape index (κ2) is 7.64. The summed E-state index contributed by atoms with van der Waals surface area (Å²) < 4.78 is 5.85. The van der Waals surface area contributed by atoms with Gasteiger partial charge in [0.15, 0.2) is 5.78 Å². The fourth-order valence-corrected chi connectivity index (χ4v) is 5.19. The van der Waals surface area contributed by atoms with Gasteiger partial charge in [-0.25, -0.2) is 4.79 Å². The van der Waals surface area contributed by atoms with E-state index in [1.807, 2.05) is 31.2 Å². The van der Waals surface area contributed by atoms with Gasteiger partial charge in [-0.15, -0.1) is 0 Å². The van der Waals surface area contributed by atoms with Crippen LogP contribution in [0.2, 0.25) is 5.02 Å². The summed E-state index contributed by atoms with van der Waals surface area (Å²) in [4.78, 5) is 26.5. The zero-order valence-electron chi connectivity index (χ0n) is 17.3. The molecule has 1 aliphatic heterocycles. The Kier molecular flexibility index (Phi) is 5.32. The third kappa shape index (κ3) is 3.87. The molecule has 4 nitrogen and oxygen atoms in total. The van der Waals surface area contributed by atoms with E-state index in [1.165, 1.54) is 0 Å². The SMILES string of the molecule is CC1=C(C(=O)OC2CCCC2)[C@@H](c2ccccc2Cl)C2=C(CC(C)(C)CC2=O)N1. The number of halogens is 1. The van der Waals surface area contributed by atoms with Gasteiger partial charge in [0.25, 0.3) is 0 Å². The summed E-state index contributed by atoms with van der Waals surface area (Å²) in [5, 5.41) is 3.93. The topological polar surface area (TPSA) is 55.4 Å². The highest BCUT2D eigenvalue weighted by Crippen LogP contribution is 2.48. The lowest BCUT2D eigenvalue weighted by molar-refractivity contribution is -0.144. The van der Waals surface area contributed by atoms with Crippen molar-refractivity contribution in [2.45, 2.75) is 71.3 Å². The summed E-state index contributed by atoms with van der Waals surface area (Å²) in [6, 6.07) is 7.48. The van der Waals surface area contributed by atoms with Gasteiger partial charge in [0.1, 0.15) is 6.10 Å². The molecule has 2 aliphatic carbocycles. The molecule has 0 spiro atoms. The van der Waals surface area contributed by atoms with Gasteiger partial charge < -0.3 is 10.1 Å². The summed E-state index contributed by atoms with van der Waals surface area (Å²) in [7, 11) is 0. The standard InChI is InChI=1S/C24H28ClNO3/c1-14-20(23(28)29-15-8-4-5-9-15)21(16-10-6-7-11-17(16)25)22-18(26-14)12-24(2,3)13-19(22)27/h6-7,10-11,15,21,26H,4-5,8-9,12-13H2,1-3H3/t21-/m1/s1. The van der Waals surface area contributed by atoms with Crippen molar-refractivity contribution in [2.75, 3.05) is 0 Å². The molecule has 154 valence electrons. The number of carbonyl (C=O) groups excluding carboxylic acids is 2. The molecule has 4 rings (SSSR count). The molecule has 0 bridgehead atoms. The number of Topliss-reactive ketones (excluding diaryl/α,β-unsaturated/α-hetero) is 1. The van der Waals surface area contributed by atoms with Crippen molar-refractivity contribution in [3.05, 3.63) is 57.4 Å². The van der Waals surface area contributed by atoms with E-state index in [0.717, 1.165) is 49.1 Å². The maximum atomic E-state index is 13.3. The Hall–Kier alpha value is -2.07. The fourth-order valence-electron chi connectivity index (χ4n) is 4.95. The lowest BCUT2D eigenvalue weighted by Gasteiger charge is -2.39. The largest absolute Gasteiger partial charge is 0.459 e. The maximum absolute atomic E-state index is 13.3. The summed E-state index contributed by atoms with van der Waals surface area (Å²) in [6.45, 7) is 6.10. The monoisotopic (exact) mass is 413 g/mol. The van der Waals surface area contributed by atoms with Gasteiger partial charge in [-0.1, -0.05) is 43.6 Å². The van der Waals surface area contributed by atoms with Crippen molar-refractivity contribution in [1.29, 1.82) is 0 Å². The molecule has 0 saturated heterocycles. The Labute approximate surface area is 177 Å². The molecule has 3 aliphatic rings. The second-order valence-corrected chi connectivity index (χ2v) is 9.67. The first-order chi connectivity index (χ1) is 13.8. The van der Waals surface area contributed by atoms with Gasteiger partial charge in [-0.3, -0.25) is 4.79 Å². The Bertz CT molecular complexity index is 922. The van der Waals surface area contributed by atoms with E-state index in [1.54, 1.807) is 0 Å². The third-order valence-corrected chi connectivity index (χ3v) is 6.60. The minimum atomic E-state index is -0.488. The average Bonchev–Trinajstić information content (AvgIpc) is 3.12. The van der Waals surface area contributed by atoms with Gasteiger partial charge in [0.05, 0.1) is 5.57 Å². The van der Waals surface area contributed by atoms with E-state index < -0.39 is 5.92 Å². The Morgan fingerprint density at radius 2 is 1.86 bits per heavy atom. The highest BCUT2D eigenvalue weighted by atomic mass is 35.5. The van der Waals surface area contributed by atoms with E-state index in [-0.39, 0.29) is 23.3 Å². The van der Waals surface area contributed by atoms with Gasteiger partial charge in [-0.05, 0) is 56.1 Å². The Morgan fingerprint density at radius 1 is 1.17 bits per heavy atom. The lowest BCUT2D eigenvalue weighted by atomic mass is 9.68. The van der Waals surface area contributed by atoms with E-state index in [2.05, 4.69) is 19.2 Å². The lowest BCUT2D eigenvalue weighted by Crippen LogP contribution is -2.39. The Balaban J connectivity index is 1.80. The number of ketones is 1. The summed E-state index contributed by atoms with van der Waals surface area (Å²) in [5.41, 5.74) is 3.51. The van der Waals surface area contributed by atoms with Crippen molar-refractivity contribution in [2.24, 2.45) is 5.41 Å². The van der Waals surface area contributed by atoms with Gasteiger partial charge in [-0.2, -0.15) is 0 Å². The van der Waals surface area contributed by atoms with Crippen LogP contribution in [0.3, 0.4) is 0 Å². The molecular weight excluding hydrogens is 386 g/mol. The smallest absolute Gasteiger partial charge is 0.337 e. The number of dihydropyridines is 1. The normalized spacial score (nSPS) is 24.4. The van der Waals surface area contributed by atoms with Gasteiger partial charge in [0.2, 0.25) is 0 Å². The fraction of sp³-hybridized carbons (Fsp3) is 0.500. The number of allylic oxidation sites excluding steroid dienone is 3. The molecule has 1 aromatic rings. The first kappa shape index (κ1) is 20.2. The molecule has 1 fully saturated rings. The number of ether oxygens (including phenoxy) is 1. The average molecular weight is 414 g/mol. The number of carbonyl (C=O) groups is 2. The van der Waals surface area contributed by atoms with Gasteiger partial charge in [0, 0.05) is 34.3 Å². The number of hydrogen-bond donors (Lipinski definition) is 1. The first-order valence-corrected chi connectivity index (χ1v) is 10.8. The van der Waals surface area contributed by atoms with Crippen LogP contribution in [0.4, 0.5) is 0 Å². The van der Waals surface area contributed by atoms with Crippen LogP contribution in [-0.4, -0.2) is 17.9 Å². The van der Waals surface area contributed by atoms with Crippen LogP contribution in [0, 0.1) is 5.41 Å². The molecule has 1 aromatic carbocycles. The Morgan fingerprint density at radius 3 is 2.55 bits per heavy atom. The van der Waals surface area contributed by atoms with Crippen LogP contribution in [0.5, 0.6) is 0 Å². The van der Waals surface area contributed by atoms with Crippen molar-refractivity contribution in [1.82, 2.24) is 5.32 Å². The number of benzene rings is 1. The highest BCUT2D eigenvalue weighted by Gasteiger charge is 2.44. The number of hydrogen-bond acceptors (Lipinski definition) is 4. The number of esters is 1. The number of rotatable bonds is 3. The highest BCUT2D eigenvalue weighted by molar-refractivity contribution is 6.31. The van der Waals surface area contributed by atoms with E-state index in [0.29, 0.717) is 22.6 Å².